The zero-order valence-corrected chi connectivity index (χ0v) is 11.7. The number of carboxylic acid groups (broad SMARTS) is 1. The highest BCUT2D eigenvalue weighted by Gasteiger charge is 2.12. The molecule has 0 spiro atoms. The molecular weight excluding hydrogens is 278 g/mol. The lowest BCUT2D eigenvalue weighted by molar-refractivity contribution is -0.136. The zero-order valence-electron chi connectivity index (χ0n) is 11.7. The summed E-state index contributed by atoms with van der Waals surface area (Å²) in [6.45, 7) is 0. The van der Waals surface area contributed by atoms with Gasteiger partial charge in [0.15, 0.2) is 0 Å². The van der Waals surface area contributed by atoms with E-state index in [0.29, 0.717) is 5.69 Å². The number of carbonyl (C=O) groups is 1. The number of nitrogens with zero attached hydrogens (tertiary/aromatic N) is 3. The van der Waals surface area contributed by atoms with E-state index in [1.54, 1.807) is 31.0 Å². The van der Waals surface area contributed by atoms with E-state index < -0.39 is 5.97 Å². The Labute approximate surface area is 127 Å². The molecule has 0 unspecified atom stereocenters. The van der Waals surface area contributed by atoms with Crippen LogP contribution in [0.4, 0.5) is 0 Å². The maximum absolute atomic E-state index is 11.0. The van der Waals surface area contributed by atoms with Crippen molar-refractivity contribution in [1.29, 1.82) is 0 Å². The number of pyridine rings is 3. The SMILES string of the molecule is O=C(O)Cc1ncc(-c2cccnc2)cc1-c1cccnc1. The van der Waals surface area contributed by atoms with Gasteiger partial charge in [-0.25, -0.2) is 0 Å². The highest BCUT2D eigenvalue weighted by Crippen LogP contribution is 2.27. The first-order chi connectivity index (χ1) is 10.7. The van der Waals surface area contributed by atoms with Crippen LogP contribution in [0.25, 0.3) is 22.3 Å². The second-order valence-corrected chi connectivity index (χ2v) is 4.77. The van der Waals surface area contributed by atoms with Crippen molar-refractivity contribution in [3.05, 3.63) is 67.0 Å². The van der Waals surface area contributed by atoms with Gasteiger partial charge in [-0.1, -0.05) is 12.1 Å². The highest BCUT2D eigenvalue weighted by molar-refractivity contribution is 5.78. The Morgan fingerprint density at radius 1 is 0.955 bits per heavy atom. The lowest BCUT2D eigenvalue weighted by atomic mass is 9.99. The lowest BCUT2D eigenvalue weighted by Gasteiger charge is -2.10. The van der Waals surface area contributed by atoms with Gasteiger partial charge in [-0.2, -0.15) is 0 Å². The summed E-state index contributed by atoms with van der Waals surface area (Å²) in [5.74, 6) is -0.910. The van der Waals surface area contributed by atoms with Crippen molar-refractivity contribution < 1.29 is 9.90 Å². The Kier molecular flexibility index (Phi) is 3.87. The standard InChI is InChI=1S/C17H13N3O2/c21-17(22)8-16-15(13-4-2-6-19-10-13)7-14(11-20-16)12-3-1-5-18-9-12/h1-7,9-11H,8H2,(H,21,22). The van der Waals surface area contributed by atoms with Gasteiger partial charge >= 0.3 is 5.97 Å². The summed E-state index contributed by atoms with van der Waals surface area (Å²) >= 11 is 0. The summed E-state index contributed by atoms with van der Waals surface area (Å²) in [6, 6.07) is 9.43. The molecule has 0 atom stereocenters. The third-order valence-corrected chi connectivity index (χ3v) is 3.26. The number of hydrogen-bond donors (Lipinski definition) is 1. The van der Waals surface area contributed by atoms with Gasteiger partial charge in [0.1, 0.15) is 0 Å². The van der Waals surface area contributed by atoms with E-state index in [0.717, 1.165) is 22.3 Å². The normalized spacial score (nSPS) is 10.4. The molecule has 5 heteroatoms. The molecule has 0 radical (unpaired) electrons. The summed E-state index contributed by atoms with van der Waals surface area (Å²) in [5.41, 5.74) is 3.96. The molecule has 0 aromatic carbocycles. The Morgan fingerprint density at radius 3 is 2.23 bits per heavy atom. The molecule has 22 heavy (non-hydrogen) atoms. The van der Waals surface area contributed by atoms with Crippen LogP contribution in [0.2, 0.25) is 0 Å². The first-order valence-electron chi connectivity index (χ1n) is 6.75. The van der Waals surface area contributed by atoms with Crippen LogP contribution in [0.5, 0.6) is 0 Å². The minimum Gasteiger partial charge on any atom is -0.481 e. The molecule has 0 aliphatic rings. The highest BCUT2D eigenvalue weighted by atomic mass is 16.4. The van der Waals surface area contributed by atoms with E-state index in [9.17, 15) is 4.79 Å². The first-order valence-corrected chi connectivity index (χ1v) is 6.75. The number of aliphatic carboxylic acids is 1. The maximum atomic E-state index is 11.0. The molecule has 3 heterocycles. The molecule has 3 aromatic heterocycles. The third kappa shape index (κ3) is 2.98. The van der Waals surface area contributed by atoms with Crippen LogP contribution in [-0.2, 0) is 11.2 Å². The predicted octanol–water partition coefficient (Wildman–Crippen LogP) is 2.83. The summed E-state index contributed by atoms with van der Waals surface area (Å²) in [6.07, 6.45) is 8.39. The molecule has 0 fully saturated rings. The largest absolute Gasteiger partial charge is 0.481 e. The average molecular weight is 291 g/mol. The van der Waals surface area contributed by atoms with E-state index in [2.05, 4.69) is 15.0 Å². The fourth-order valence-electron chi connectivity index (χ4n) is 2.24. The van der Waals surface area contributed by atoms with E-state index in [1.807, 2.05) is 30.3 Å². The summed E-state index contributed by atoms with van der Waals surface area (Å²) in [7, 11) is 0. The molecule has 3 aromatic rings. The van der Waals surface area contributed by atoms with E-state index in [1.165, 1.54) is 0 Å². The van der Waals surface area contributed by atoms with Crippen molar-refractivity contribution in [3.8, 4) is 22.3 Å². The molecular formula is C17H13N3O2. The van der Waals surface area contributed by atoms with Crippen molar-refractivity contribution in [2.75, 3.05) is 0 Å². The summed E-state index contributed by atoms with van der Waals surface area (Å²) in [5, 5.41) is 9.06. The van der Waals surface area contributed by atoms with Crippen LogP contribution < -0.4 is 0 Å². The molecule has 108 valence electrons. The lowest BCUT2D eigenvalue weighted by Crippen LogP contribution is -2.04. The first kappa shape index (κ1) is 13.9. The van der Waals surface area contributed by atoms with Crippen molar-refractivity contribution in [2.45, 2.75) is 6.42 Å². The summed E-state index contributed by atoms with van der Waals surface area (Å²) in [4.78, 5) is 23.6. The average Bonchev–Trinajstić information content (AvgIpc) is 2.56. The van der Waals surface area contributed by atoms with E-state index >= 15 is 0 Å². The second-order valence-electron chi connectivity index (χ2n) is 4.77. The van der Waals surface area contributed by atoms with Crippen molar-refractivity contribution in [3.63, 3.8) is 0 Å². The summed E-state index contributed by atoms with van der Waals surface area (Å²) < 4.78 is 0. The minimum atomic E-state index is -0.910. The fraction of sp³-hybridized carbons (Fsp3) is 0.0588. The Morgan fingerprint density at radius 2 is 1.64 bits per heavy atom. The molecule has 0 amide bonds. The molecule has 3 rings (SSSR count). The molecule has 0 saturated heterocycles. The van der Waals surface area contributed by atoms with Crippen molar-refractivity contribution >= 4 is 5.97 Å². The minimum absolute atomic E-state index is 0.127. The molecule has 5 nitrogen and oxygen atoms in total. The molecule has 0 aliphatic carbocycles. The Balaban J connectivity index is 2.12. The fourth-order valence-corrected chi connectivity index (χ4v) is 2.24. The van der Waals surface area contributed by atoms with Gasteiger partial charge in [-0.15, -0.1) is 0 Å². The molecule has 1 N–H and O–H groups in total. The number of aromatic nitrogens is 3. The van der Waals surface area contributed by atoms with Gasteiger partial charge in [0, 0.05) is 53.2 Å². The number of carboxylic acids is 1. The van der Waals surface area contributed by atoms with Crippen LogP contribution in [0.1, 0.15) is 5.69 Å². The third-order valence-electron chi connectivity index (χ3n) is 3.26. The van der Waals surface area contributed by atoms with Crippen LogP contribution in [0.3, 0.4) is 0 Å². The van der Waals surface area contributed by atoms with Crippen LogP contribution in [0.15, 0.2) is 61.3 Å². The van der Waals surface area contributed by atoms with Gasteiger partial charge in [0.25, 0.3) is 0 Å². The number of rotatable bonds is 4. The molecule has 0 aliphatic heterocycles. The smallest absolute Gasteiger partial charge is 0.309 e. The number of hydrogen-bond acceptors (Lipinski definition) is 4. The Bertz CT molecular complexity index is 790. The quantitative estimate of drug-likeness (QED) is 0.800. The van der Waals surface area contributed by atoms with Crippen LogP contribution in [0, 0.1) is 0 Å². The van der Waals surface area contributed by atoms with Gasteiger partial charge in [0.05, 0.1) is 12.1 Å². The monoisotopic (exact) mass is 291 g/mol. The van der Waals surface area contributed by atoms with E-state index in [4.69, 9.17) is 5.11 Å². The molecule has 0 saturated carbocycles. The van der Waals surface area contributed by atoms with Crippen LogP contribution in [-0.4, -0.2) is 26.0 Å². The van der Waals surface area contributed by atoms with Crippen molar-refractivity contribution in [1.82, 2.24) is 15.0 Å². The predicted molar refractivity (Wildman–Crippen MR) is 82.0 cm³/mol. The van der Waals surface area contributed by atoms with Crippen LogP contribution >= 0.6 is 0 Å². The van der Waals surface area contributed by atoms with Gasteiger partial charge in [0.2, 0.25) is 0 Å². The Hall–Kier alpha value is -3.08. The second kappa shape index (κ2) is 6.13. The van der Waals surface area contributed by atoms with Gasteiger partial charge < -0.3 is 5.11 Å². The maximum Gasteiger partial charge on any atom is 0.309 e. The van der Waals surface area contributed by atoms with Gasteiger partial charge in [-0.3, -0.25) is 19.7 Å². The van der Waals surface area contributed by atoms with Gasteiger partial charge in [-0.05, 0) is 18.2 Å². The molecule has 0 bridgehead atoms. The topological polar surface area (TPSA) is 76.0 Å². The zero-order chi connectivity index (χ0) is 15.4. The van der Waals surface area contributed by atoms with E-state index in [-0.39, 0.29) is 6.42 Å². The van der Waals surface area contributed by atoms with Crippen molar-refractivity contribution in [2.24, 2.45) is 0 Å².